The second-order valence-corrected chi connectivity index (χ2v) is 6.82. The molecule has 0 aliphatic carbocycles. The Morgan fingerprint density at radius 1 is 1.15 bits per heavy atom. The maximum absolute atomic E-state index is 12.7. The van der Waals surface area contributed by atoms with Gasteiger partial charge in [-0.1, -0.05) is 6.07 Å². The second-order valence-electron chi connectivity index (χ2n) is 6.82. The van der Waals surface area contributed by atoms with Crippen molar-refractivity contribution in [2.45, 2.75) is 25.5 Å². The molecular formula is C21H23NO5. The van der Waals surface area contributed by atoms with Crippen LogP contribution in [0.25, 0.3) is 0 Å². The van der Waals surface area contributed by atoms with Crippen LogP contribution in [-0.4, -0.2) is 44.0 Å². The van der Waals surface area contributed by atoms with Gasteiger partial charge in [-0.2, -0.15) is 0 Å². The van der Waals surface area contributed by atoms with E-state index in [1.165, 1.54) is 0 Å². The van der Waals surface area contributed by atoms with Crippen molar-refractivity contribution in [1.29, 1.82) is 0 Å². The number of nitrogens with zero attached hydrogens (tertiary/aromatic N) is 1. The van der Waals surface area contributed by atoms with Crippen molar-refractivity contribution in [3.8, 4) is 17.2 Å². The summed E-state index contributed by atoms with van der Waals surface area (Å²) in [5.74, 6) is 2.17. The monoisotopic (exact) mass is 369 g/mol. The number of amides is 1. The number of carbonyl (C=O) groups excluding carboxylic acids is 1. The predicted octanol–water partition coefficient (Wildman–Crippen LogP) is 3.25. The molecule has 27 heavy (non-hydrogen) atoms. The molecule has 2 heterocycles. The van der Waals surface area contributed by atoms with Gasteiger partial charge in [-0.15, -0.1) is 0 Å². The molecule has 0 aromatic heterocycles. The Labute approximate surface area is 158 Å². The number of benzene rings is 2. The van der Waals surface area contributed by atoms with Gasteiger partial charge in [0.25, 0.3) is 5.91 Å². The number of hydrogen-bond donors (Lipinski definition) is 0. The zero-order valence-corrected chi connectivity index (χ0v) is 15.3. The predicted molar refractivity (Wildman–Crippen MR) is 99.3 cm³/mol. The number of hydrogen-bond acceptors (Lipinski definition) is 5. The fourth-order valence-electron chi connectivity index (χ4n) is 3.26. The third-order valence-corrected chi connectivity index (χ3v) is 4.76. The summed E-state index contributed by atoms with van der Waals surface area (Å²) in [6.45, 7) is 2.11. The highest BCUT2D eigenvalue weighted by molar-refractivity contribution is 5.94. The Hall–Kier alpha value is -2.73. The van der Waals surface area contributed by atoms with E-state index in [0.717, 1.165) is 42.3 Å². The minimum Gasteiger partial charge on any atom is -0.491 e. The van der Waals surface area contributed by atoms with E-state index in [1.807, 2.05) is 30.3 Å². The molecule has 1 atom stereocenters. The lowest BCUT2D eigenvalue weighted by atomic mass is 10.1. The van der Waals surface area contributed by atoms with E-state index < -0.39 is 0 Å². The van der Waals surface area contributed by atoms with Gasteiger partial charge < -0.3 is 23.8 Å². The Kier molecular flexibility index (Phi) is 5.16. The minimum atomic E-state index is -0.0432. The van der Waals surface area contributed by atoms with Crippen molar-refractivity contribution in [2.75, 3.05) is 27.1 Å². The van der Waals surface area contributed by atoms with Gasteiger partial charge >= 0.3 is 0 Å². The number of fused-ring (bicyclic) bond motifs is 1. The average molecular weight is 369 g/mol. The molecule has 1 saturated heterocycles. The Morgan fingerprint density at radius 3 is 2.74 bits per heavy atom. The lowest BCUT2D eigenvalue weighted by Crippen LogP contribution is -2.26. The van der Waals surface area contributed by atoms with E-state index in [4.69, 9.17) is 18.9 Å². The van der Waals surface area contributed by atoms with Crippen LogP contribution < -0.4 is 14.2 Å². The third kappa shape index (κ3) is 4.17. The lowest BCUT2D eigenvalue weighted by Gasteiger charge is -2.18. The summed E-state index contributed by atoms with van der Waals surface area (Å²) in [5, 5.41) is 0. The van der Waals surface area contributed by atoms with Gasteiger partial charge in [-0.25, -0.2) is 0 Å². The molecule has 0 radical (unpaired) electrons. The van der Waals surface area contributed by atoms with Crippen molar-refractivity contribution in [3.05, 3.63) is 53.6 Å². The van der Waals surface area contributed by atoms with Crippen molar-refractivity contribution in [2.24, 2.45) is 0 Å². The fraction of sp³-hybridized carbons (Fsp3) is 0.381. The average Bonchev–Trinajstić information content (AvgIpc) is 3.37. The van der Waals surface area contributed by atoms with Crippen LogP contribution in [0.2, 0.25) is 0 Å². The Bertz CT molecular complexity index is 799. The highest BCUT2D eigenvalue weighted by Crippen LogP contribution is 2.32. The van der Waals surface area contributed by atoms with Gasteiger partial charge in [0.1, 0.15) is 12.4 Å². The molecule has 0 saturated carbocycles. The molecule has 6 heteroatoms. The van der Waals surface area contributed by atoms with E-state index >= 15 is 0 Å². The van der Waals surface area contributed by atoms with E-state index in [0.29, 0.717) is 18.7 Å². The second kappa shape index (κ2) is 7.88. The first-order valence-electron chi connectivity index (χ1n) is 9.17. The summed E-state index contributed by atoms with van der Waals surface area (Å²) in [6.07, 6.45) is 2.32. The van der Waals surface area contributed by atoms with E-state index in [1.54, 1.807) is 24.1 Å². The van der Waals surface area contributed by atoms with Gasteiger partial charge in [0, 0.05) is 25.8 Å². The molecule has 1 amide bonds. The summed E-state index contributed by atoms with van der Waals surface area (Å²) in [6, 6.07) is 13.0. The molecule has 1 unspecified atom stereocenters. The molecule has 2 aromatic rings. The number of carbonyl (C=O) groups is 1. The molecule has 2 aliphatic heterocycles. The zero-order valence-electron chi connectivity index (χ0n) is 15.3. The molecule has 142 valence electrons. The van der Waals surface area contributed by atoms with Crippen LogP contribution in [0.3, 0.4) is 0 Å². The van der Waals surface area contributed by atoms with Gasteiger partial charge in [0.2, 0.25) is 6.79 Å². The first kappa shape index (κ1) is 17.7. The van der Waals surface area contributed by atoms with Gasteiger partial charge in [-0.05, 0) is 54.8 Å². The summed E-state index contributed by atoms with van der Waals surface area (Å²) in [5.41, 5.74) is 1.62. The smallest absolute Gasteiger partial charge is 0.253 e. The summed E-state index contributed by atoms with van der Waals surface area (Å²) in [4.78, 5) is 14.4. The Morgan fingerprint density at radius 2 is 1.96 bits per heavy atom. The van der Waals surface area contributed by atoms with Crippen molar-refractivity contribution in [3.63, 3.8) is 0 Å². The fourth-order valence-corrected chi connectivity index (χ4v) is 3.26. The zero-order chi connectivity index (χ0) is 18.6. The molecule has 2 aromatic carbocycles. The van der Waals surface area contributed by atoms with Crippen LogP contribution in [-0.2, 0) is 11.3 Å². The SMILES string of the molecule is CN(Cc1ccc2c(c1)OCO2)C(=O)c1ccc(OCC2CCCO2)cc1. The van der Waals surface area contributed by atoms with E-state index in [-0.39, 0.29) is 18.8 Å². The standard InChI is InChI=1S/C21H23NO5/c1-22(12-15-4-9-19-20(11-15)27-14-26-19)21(23)16-5-7-17(8-6-16)25-13-18-3-2-10-24-18/h4-9,11,18H,2-3,10,12-14H2,1H3. The summed E-state index contributed by atoms with van der Waals surface area (Å²) in [7, 11) is 1.79. The van der Waals surface area contributed by atoms with Gasteiger partial charge in [0.15, 0.2) is 11.5 Å². The largest absolute Gasteiger partial charge is 0.491 e. The van der Waals surface area contributed by atoms with Crippen LogP contribution in [0.5, 0.6) is 17.2 Å². The third-order valence-electron chi connectivity index (χ3n) is 4.76. The van der Waals surface area contributed by atoms with Crippen LogP contribution in [0.15, 0.2) is 42.5 Å². The molecule has 0 N–H and O–H groups in total. The normalized spacial score (nSPS) is 17.7. The van der Waals surface area contributed by atoms with Gasteiger partial charge in [0.05, 0.1) is 6.10 Å². The summed E-state index contributed by atoms with van der Waals surface area (Å²) < 4.78 is 22.0. The molecule has 0 spiro atoms. The highest BCUT2D eigenvalue weighted by Gasteiger charge is 2.18. The quantitative estimate of drug-likeness (QED) is 0.782. The molecule has 0 bridgehead atoms. The highest BCUT2D eigenvalue weighted by atomic mass is 16.7. The molecule has 1 fully saturated rings. The molecule has 2 aliphatic rings. The first-order chi connectivity index (χ1) is 13.2. The van der Waals surface area contributed by atoms with Crippen molar-refractivity contribution < 1.29 is 23.7 Å². The van der Waals surface area contributed by atoms with Crippen LogP contribution >= 0.6 is 0 Å². The lowest BCUT2D eigenvalue weighted by molar-refractivity contribution is 0.0679. The first-order valence-corrected chi connectivity index (χ1v) is 9.17. The maximum atomic E-state index is 12.7. The van der Waals surface area contributed by atoms with Crippen molar-refractivity contribution >= 4 is 5.91 Å². The molecular weight excluding hydrogens is 346 g/mol. The Balaban J connectivity index is 1.34. The maximum Gasteiger partial charge on any atom is 0.253 e. The van der Waals surface area contributed by atoms with Crippen molar-refractivity contribution in [1.82, 2.24) is 4.90 Å². The number of ether oxygens (including phenoxy) is 4. The van der Waals surface area contributed by atoms with E-state index in [2.05, 4.69) is 0 Å². The number of rotatable bonds is 6. The minimum absolute atomic E-state index is 0.0432. The van der Waals surface area contributed by atoms with Crippen LogP contribution in [0.1, 0.15) is 28.8 Å². The van der Waals surface area contributed by atoms with E-state index in [9.17, 15) is 4.79 Å². The van der Waals surface area contributed by atoms with Gasteiger partial charge in [-0.3, -0.25) is 4.79 Å². The topological polar surface area (TPSA) is 57.2 Å². The van der Waals surface area contributed by atoms with Crippen LogP contribution in [0, 0.1) is 0 Å². The van der Waals surface area contributed by atoms with Crippen LogP contribution in [0.4, 0.5) is 0 Å². The summed E-state index contributed by atoms with van der Waals surface area (Å²) >= 11 is 0. The molecule has 4 rings (SSSR count). The molecule has 6 nitrogen and oxygen atoms in total.